The van der Waals surface area contributed by atoms with Crippen LogP contribution in [0, 0.1) is 0 Å². The third kappa shape index (κ3) is 6.67. The van der Waals surface area contributed by atoms with Gasteiger partial charge < -0.3 is 15.0 Å². The second-order valence-electron chi connectivity index (χ2n) is 8.97. The van der Waals surface area contributed by atoms with E-state index in [1.54, 1.807) is 23.1 Å². The zero-order valence-corrected chi connectivity index (χ0v) is 19.6. The van der Waals surface area contributed by atoms with Crippen LogP contribution in [-0.2, 0) is 19.6 Å². The fraction of sp³-hybridized carbons (Fsp3) is 0.478. The van der Waals surface area contributed by atoms with Gasteiger partial charge in [0.05, 0.1) is 4.90 Å². The molecular weight excluding hydrogens is 430 g/mol. The van der Waals surface area contributed by atoms with E-state index >= 15 is 0 Å². The van der Waals surface area contributed by atoms with Crippen LogP contribution in [0.5, 0.6) is 0 Å². The van der Waals surface area contributed by atoms with E-state index < -0.39 is 15.6 Å². The van der Waals surface area contributed by atoms with Gasteiger partial charge in [-0.05, 0) is 56.5 Å². The summed E-state index contributed by atoms with van der Waals surface area (Å²) in [4.78, 5) is 26.2. The number of hydrogen-bond donors (Lipinski definition) is 2. The maximum absolute atomic E-state index is 12.6. The summed E-state index contributed by atoms with van der Waals surface area (Å²) in [7, 11) is -3.70. The average Bonchev–Trinajstić information content (AvgIpc) is 2.72. The second kappa shape index (κ2) is 9.87. The molecule has 0 atom stereocenters. The first-order valence-corrected chi connectivity index (χ1v) is 12.3. The number of amides is 2. The van der Waals surface area contributed by atoms with Crippen molar-refractivity contribution in [2.45, 2.75) is 56.6 Å². The molecule has 1 aliphatic heterocycles. The normalized spacial score (nSPS) is 15.5. The summed E-state index contributed by atoms with van der Waals surface area (Å²) in [6.45, 7) is 6.50. The molecule has 2 N–H and O–H groups in total. The van der Waals surface area contributed by atoms with Crippen molar-refractivity contribution in [1.82, 2.24) is 14.9 Å². The maximum Gasteiger partial charge on any atom is 0.410 e. The Morgan fingerprint density at radius 3 is 2.38 bits per heavy atom. The monoisotopic (exact) mass is 461 g/mol. The van der Waals surface area contributed by atoms with E-state index in [0.29, 0.717) is 25.9 Å². The number of fused-ring (bicyclic) bond motifs is 1. The molecule has 2 aromatic rings. The number of sulfonamides is 1. The standard InChI is InChI=1S/C23H31N3O5S/c1-23(2,3)31-22(28)26-14-11-19(12-15-26)25-21(27)10-13-24-32(29,30)20-9-8-17-6-4-5-7-18(17)16-20/h4-9,16,19,24H,10-15H2,1-3H3,(H,25,27). The second-order valence-corrected chi connectivity index (χ2v) is 10.7. The summed E-state index contributed by atoms with van der Waals surface area (Å²) in [5, 5.41) is 4.72. The minimum Gasteiger partial charge on any atom is -0.444 e. The van der Waals surface area contributed by atoms with Crippen molar-refractivity contribution in [2.75, 3.05) is 19.6 Å². The highest BCUT2D eigenvalue weighted by Crippen LogP contribution is 2.19. The van der Waals surface area contributed by atoms with Gasteiger partial charge in [-0.25, -0.2) is 17.9 Å². The molecule has 1 heterocycles. The first kappa shape index (κ1) is 24.0. The van der Waals surface area contributed by atoms with Crippen molar-refractivity contribution in [3.8, 4) is 0 Å². The van der Waals surface area contributed by atoms with Gasteiger partial charge in [0.15, 0.2) is 0 Å². The Morgan fingerprint density at radius 2 is 1.72 bits per heavy atom. The van der Waals surface area contributed by atoms with Crippen LogP contribution in [0.25, 0.3) is 10.8 Å². The molecular formula is C23H31N3O5S. The van der Waals surface area contributed by atoms with Crippen LogP contribution in [0.4, 0.5) is 4.79 Å². The van der Waals surface area contributed by atoms with Crippen LogP contribution in [-0.4, -0.2) is 56.6 Å². The summed E-state index contributed by atoms with van der Waals surface area (Å²) < 4.78 is 33.0. The Balaban J connectivity index is 1.42. The third-order valence-corrected chi connectivity index (χ3v) is 6.65. The molecule has 2 amide bonds. The lowest BCUT2D eigenvalue weighted by molar-refractivity contribution is -0.121. The van der Waals surface area contributed by atoms with E-state index in [2.05, 4.69) is 10.0 Å². The number of nitrogens with zero attached hydrogens (tertiary/aromatic N) is 1. The van der Waals surface area contributed by atoms with Gasteiger partial charge >= 0.3 is 6.09 Å². The number of ether oxygens (including phenoxy) is 1. The van der Waals surface area contributed by atoms with Gasteiger partial charge in [0.25, 0.3) is 0 Å². The molecule has 0 saturated carbocycles. The Kier molecular flexibility index (Phi) is 7.40. The number of nitrogens with one attached hydrogen (secondary N) is 2. The predicted octanol–water partition coefficient (Wildman–Crippen LogP) is 3.02. The first-order chi connectivity index (χ1) is 15.0. The van der Waals surface area contributed by atoms with Gasteiger partial charge in [0.1, 0.15) is 5.60 Å². The lowest BCUT2D eigenvalue weighted by Gasteiger charge is -2.33. The van der Waals surface area contributed by atoms with E-state index in [9.17, 15) is 18.0 Å². The van der Waals surface area contributed by atoms with Crippen molar-refractivity contribution < 1.29 is 22.7 Å². The molecule has 32 heavy (non-hydrogen) atoms. The summed E-state index contributed by atoms with van der Waals surface area (Å²) >= 11 is 0. The van der Waals surface area contributed by atoms with Gasteiger partial charge in [-0.1, -0.05) is 30.3 Å². The van der Waals surface area contributed by atoms with Gasteiger partial charge in [0.2, 0.25) is 15.9 Å². The lowest BCUT2D eigenvalue weighted by atomic mass is 10.1. The SMILES string of the molecule is CC(C)(C)OC(=O)N1CCC(NC(=O)CCNS(=O)(=O)c2ccc3ccccc3c2)CC1. The molecule has 0 aliphatic carbocycles. The van der Waals surface area contributed by atoms with Gasteiger partial charge in [0, 0.05) is 32.1 Å². The Hall–Kier alpha value is -2.65. The predicted molar refractivity (Wildman–Crippen MR) is 123 cm³/mol. The van der Waals surface area contributed by atoms with Crippen molar-refractivity contribution in [2.24, 2.45) is 0 Å². The number of hydrogen-bond acceptors (Lipinski definition) is 5. The minimum atomic E-state index is -3.70. The van der Waals surface area contributed by atoms with Gasteiger partial charge in [-0.2, -0.15) is 0 Å². The fourth-order valence-electron chi connectivity index (χ4n) is 3.55. The molecule has 8 nitrogen and oxygen atoms in total. The summed E-state index contributed by atoms with van der Waals surface area (Å²) in [5.74, 6) is -0.220. The fourth-order valence-corrected chi connectivity index (χ4v) is 4.62. The Labute approximate surface area is 189 Å². The first-order valence-electron chi connectivity index (χ1n) is 10.8. The van der Waals surface area contributed by atoms with Crippen LogP contribution >= 0.6 is 0 Å². The van der Waals surface area contributed by atoms with Gasteiger partial charge in [-0.3, -0.25) is 4.79 Å². The van der Waals surface area contributed by atoms with Gasteiger partial charge in [-0.15, -0.1) is 0 Å². The minimum absolute atomic E-state index is 0.0117. The highest BCUT2D eigenvalue weighted by atomic mass is 32.2. The number of likely N-dealkylation sites (tertiary alicyclic amines) is 1. The molecule has 174 valence electrons. The molecule has 1 saturated heterocycles. The number of carbonyl (C=O) groups excluding carboxylic acids is 2. The molecule has 3 rings (SSSR count). The molecule has 0 spiro atoms. The number of piperidine rings is 1. The molecule has 2 aromatic carbocycles. The van der Waals surface area contributed by atoms with E-state index in [1.165, 1.54) is 0 Å². The van der Waals surface area contributed by atoms with E-state index in [4.69, 9.17) is 4.74 Å². The lowest BCUT2D eigenvalue weighted by Crippen LogP contribution is -2.48. The Bertz CT molecular complexity index is 1070. The molecule has 0 unspecified atom stereocenters. The molecule has 9 heteroatoms. The largest absolute Gasteiger partial charge is 0.444 e. The number of carbonyl (C=O) groups is 2. The van der Waals surface area contributed by atoms with E-state index in [0.717, 1.165) is 10.8 Å². The van der Waals surface area contributed by atoms with Crippen LogP contribution in [0.1, 0.15) is 40.0 Å². The highest BCUT2D eigenvalue weighted by Gasteiger charge is 2.27. The van der Waals surface area contributed by atoms with Crippen molar-refractivity contribution >= 4 is 32.8 Å². The van der Waals surface area contributed by atoms with Crippen LogP contribution in [0.15, 0.2) is 47.4 Å². The van der Waals surface area contributed by atoms with E-state index in [1.807, 2.05) is 45.0 Å². The Morgan fingerprint density at radius 1 is 1.06 bits per heavy atom. The van der Waals surface area contributed by atoms with Crippen molar-refractivity contribution in [3.05, 3.63) is 42.5 Å². The summed E-state index contributed by atoms with van der Waals surface area (Å²) in [6, 6.07) is 12.4. The number of benzene rings is 2. The van der Waals surface area contributed by atoms with Crippen molar-refractivity contribution in [1.29, 1.82) is 0 Å². The zero-order chi connectivity index (χ0) is 23.4. The quantitative estimate of drug-likeness (QED) is 0.688. The molecule has 1 fully saturated rings. The van der Waals surface area contributed by atoms with Crippen LogP contribution < -0.4 is 10.0 Å². The number of rotatable bonds is 6. The summed E-state index contributed by atoms with van der Waals surface area (Å²) in [6.07, 6.45) is 0.964. The highest BCUT2D eigenvalue weighted by molar-refractivity contribution is 7.89. The molecule has 1 aliphatic rings. The van der Waals surface area contributed by atoms with E-state index in [-0.39, 0.29) is 35.9 Å². The topological polar surface area (TPSA) is 105 Å². The molecule has 0 radical (unpaired) electrons. The smallest absolute Gasteiger partial charge is 0.410 e. The summed E-state index contributed by atoms with van der Waals surface area (Å²) in [5.41, 5.74) is -0.539. The zero-order valence-electron chi connectivity index (χ0n) is 18.8. The average molecular weight is 462 g/mol. The van der Waals surface area contributed by atoms with Crippen molar-refractivity contribution in [3.63, 3.8) is 0 Å². The molecule has 0 aromatic heterocycles. The van der Waals surface area contributed by atoms with Crippen LogP contribution in [0.3, 0.4) is 0 Å². The maximum atomic E-state index is 12.6. The third-order valence-electron chi connectivity index (χ3n) is 5.19. The van der Waals surface area contributed by atoms with Crippen LogP contribution in [0.2, 0.25) is 0 Å². The molecule has 0 bridgehead atoms.